The summed E-state index contributed by atoms with van der Waals surface area (Å²) >= 11 is 6.24. The number of hydrogen-bond donors (Lipinski definition) is 0. The van der Waals surface area contributed by atoms with Gasteiger partial charge in [-0.05, 0) is 37.9 Å². The lowest BCUT2D eigenvalue weighted by atomic mass is 10.1. The number of piperazine rings is 1. The van der Waals surface area contributed by atoms with Gasteiger partial charge in [0.25, 0.3) is 0 Å². The minimum atomic E-state index is -0.598. The number of carbonyl (C=O) groups excluding carboxylic acids is 2. The number of ether oxygens (including phenoxy) is 2. The average molecular weight is 498 g/mol. The van der Waals surface area contributed by atoms with E-state index < -0.39 is 23.8 Å². The van der Waals surface area contributed by atoms with Crippen molar-refractivity contribution in [2.24, 2.45) is 0 Å². The van der Waals surface area contributed by atoms with Gasteiger partial charge in [0.15, 0.2) is 0 Å². The average Bonchev–Trinajstić information content (AvgIpc) is 3.25. The summed E-state index contributed by atoms with van der Waals surface area (Å²) in [6.07, 6.45) is 4.99. The molecule has 35 heavy (non-hydrogen) atoms. The van der Waals surface area contributed by atoms with Crippen molar-refractivity contribution in [1.82, 2.24) is 19.8 Å². The zero-order chi connectivity index (χ0) is 25.2. The molecule has 184 valence electrons. The zero-order valence-electron chi connectivity index (χ0n) is 20.0. The molecular formula is C25H28ClN5O4. The normalized spacial score (nSPS) is 17.6. The number of anilines is 1. The number of aromatic nitrogens is 2. The van der Waals surface area contributed by atoms with Crippen LogP contribution in [0.4, 0.5) is 15.4 Å². The van der Waals surface area contributed by atoms with Gasteiger partial charge in [-0.15, -0.1) is 6.42 Å². The Morgan fingerprint density at radius 2 is 1.86 bits per heavy atom. The maximum Gasteiger partial charge on any atom is 0.410 e. The molecule has 2 aromatic rings. The third kappa shape index (κ3) is 5.77. The molecule has 0 radical (unpaired) electrons. The first-order valence-electron chi connectivity index (χ1n) is 11.4. The van der Waals surface area contributed by atoms with Crippen molar-refractivity contribution in [3.63, 3.8) is 0 Å². The molecule has 3 heterocycles. The van der Waals surface area contributed by atoms with Crippen LogP contribution < -0.4 is 4.90 Å². The van der Waals surface area contributed by atoms with E-state index in [4.69, 9.17) is 27.5 Å². The second-order valence-electron chi connectivity index (χ2n) is 9.44. The van der Waals surface area contributed by atoms with Crippen molar-refractivity contribution in [1.29, 1.82) is 0 Å². The molecule has 0 spiro atoms. The number of hydrogen-bond acceptors (Lipinski definition) is 7. The molecule has 1 aromatic heterocycles. The number of benzene rings is 1. The van der Waals surface area contributed by atoms with E-state index in [1.54, 1.807) is 9.80 Å². The van der Waals surface area contributed by atoms with Gasteiger partial charge in [-0.2, -0.15) is 0 Å². The maximum atomic E-state index is 12.7. The van der Waals surface area contributed by atoms with E-state index in [2.05, 4.69) is 15.9 Å². The van der Waals surface area contributed by atoms with Gasteiger partial charge in [0.2, 0.25) is 5.28 Å². The predicted molar refractivity (Wildman–Crippen MR) is 131 cm³/mol. The highest BCUT2D eigenvalue weighted by Gasteiger charge is 2.36. The van der Waals surface area contributed by atoms with Crippen LogP contribution in [0.2, 0.25) is 5.28 Å². The summed E-state index contributed by atoms with van der Waals surface area (Å²) in [5.74, 6) is 3.33. The summed E-state index contributed by atoms with van der Waals surface area (Å²) in [6, 6.07) is 9.04. The highest BCUT2D eigenvalue weighted by Crippen LogP contribution is 2.33. The number of halogens is 1. The summed E-state index contributed by atoms with van der Waals surface area (Å²) in [5.41, 5.74) is 1.74. The lowest BCUT2D eigenvalue weighted by Crippen LogP contribution is -2.55. The van der Waals surface area contributed by atoms with E-state index in [0.717, 1.165) is 11.1 Å². The number of carbonyl (C=O) groups is 2. The fraction of sp³-hybridized carbons (Fsp3) is 0.440. The molecule has 1 saturated heterocycles. The topological polar surface area (TPSA) is 88.1 Å². The first kappa shape index (κ1) is 24.6. The van der Waals surface area contributed by atoms with Crippen molar-refractivity contribution in [3.8, 4) is 12.3 Å². The van der Waals surface area contributed by atoms with Gasteiger partial charge in [-0.25, -0.2) is 19.6 Å². The Morgan fingerprint density at radius 1 is 1.11 bits per heavy atom. The fourth-order valence-corrected chi connectivity index (χ4v) is 4.24. The lowest BCUT2D eigenvalue weighted by molar-refractivity contribution is 0.0227. The molecule has 4 rings (SSSR count). The molecule has 1 aromatic carbocycles. The Balaban J connectivity index is 1.47. The molecule has 1 atom stereocenters. The number of nitrogens with zero attached hydrogens (tertiary/aromatic N) is 5. The smallest absolute Gasteiger partial charge is 0.410 e. The standard InChI is InChI=1S/C25H28ClN5O4/c1-5-18-13-29(24(33)35-25(2,3)4)11-12-31(18)21-19-14-30(15-20(19)27-22(26)28-21)23(32)34-16-17-9-7-6-8-10-17/h1,6-10,18H,11-16H2,2-4H3/t18-/m0/s1. The van der Waals surface area contributed by atoms with Gasteiger partial charge in [-0.1, -0.05) is 36.3 Å². The van der Waals surface area contributed by atoms with Gasteiger partial charge in [0.05, 0.1) is 25.3 Å². The second kappa shape index (κ2) is 10.0. The minimum absolute atomic E-state index is 0.0728. The quantitative estimate of drug-likeness (QED) is 0.470. The third-order valence-corrected chi connectivity index (χ3v) is 5.86. The summed E-state index contributed by atoms with van der Waals surface area (Å²) < 4.78 is 11.0. The van der Waals surface area contributed by atoms with E-state index in [1.807, 2.05) is 56.0 Å². The van der Waals surface area contributed by atoms with Gasteiger partial charge in [-0.3, -0.25) is 4.90 Å². The van der Waals surface area contributed by atoms with Gasteiger partial charge in [0, 0.05) is 18.7 Å². The van der Waals surface area contributed by atoms with Gasteiger partial charge in [0.1, 0.15) is 24.1 Å². The lowest BCUT2D eigenvalue weighted by Gasteiger charge is -2.40. The Labute approximate surface area is 210 Å². The van der Waals surface area contributed by atoms with Crippen LogP contribution in [0.15, 0.2) is 30.3 Å². The van der Waals surface area contributed by atoms with Crippen LogP contribution in [0.25, 0.3) is 0 Å². The third-order valence-electron chi connectivity index (χ3n) is 5.69. The van der Waals surface area contributed by atoms with Crippen LogP contribution in [0, 0.1) is 12.3 Å². The number of rotatable bonds is 3. The minimum Gasteiger partial charge on any atom is -0.445 e. The Kier molecular flexibility index (Phi) is 7.03. The Morgan fingerprint density at radius 3 is 2.54 bits per heavy atom. The van der Waals surface area contributed by atoms with Crippen LogP contribution in [-0.2, 0) is 29.2 Å². The second-order valence-corrected chi connectivity index (χ2v) is 9.78. The van der Waals surface area contributed by atoms with Gasteiger partial charge < -0.3 is 19.3 Å². The molecule has 0 aliphatic carbocycles. The van der Waals surface area contributed by atoms with E-state index in [9.17, 15) is 9.59 Å². The molecule has 10 heteroatoms. The number of terminal acetylenes is 1. The molecule has 2 aliphatic rings. The van der Waals surface area contributed by atoms with Crippen molar-refractivity contribution >= 4 is 29.6 Å². The van der Waals surface area contributed by atoms with Crippen LogP contribution in [0.1, 0.15) is 37.6 Å². The first-order chi connectivity index (χ1) is 16.6. The Bertz CT molecular complexity index is 1150. The Hall–Kier alpha value is -3.51. The van der Waals surface area contributed by atoms with Gasteiger partial charge >= 0.3 is 12.2 Å². The summed E-state index contributed by atoms with van der Waals surface area (Å²) in [5, 5.41) is 0.0728. The summed E-state index contributed by atoms with van der Waals surface area (Å²) in [6.45, 7) is 7.31. The largest absolute Gasteiger partial charge is 0.445 e. The van der Waals surface area contributed by atoms with E-state index in [0.29, 0.717) is 24.6 Å². The van der Waals surface area contributed by atoms with E-state index in [-0.39, 0.29) is 31.5 Å². The molecule has 1 fully saturated rings. The van der Waals surface area contributed by atoms with E-state index >= 15 is 0 Å². The molecule has 0 saturated carbocycles. The molecule has 9 nitrogen and oxygen atoms in total. The molecule has 0 bridgehead atoms. The number of fused-ring (bicyclic) bond motifs is 1. The predicted octanol–water partition coefficient (Wildman–Crippen LogP) is 3.84. The monoisotopic (exact) mass is 497 g/mol. The molecule has 0 N–H and O–H groups in total. The first-order valence-corrected chi connectivity index (χ1v) is 11.7. The van der Waals surface area contributed by atoms with Crippen LogP contribution in [0.5, 0.6) is 0 Å². The van der Waals surface area contributed by atoms with Crippen molar-refractivity contribution in [2.75, 3.05) is 24.5 Å². The SMILES string of the molecule is C#C[C@H]1CN(C(=O)OC(C)(C)C)CCN1c1nc(Cl)nc2c1CN(C(=O)OCc1ccccc1)C2. The van der Waals surface area contributed by atoms with Crippen LogP contribution in [-0.4, -0.2) is 63.2 Å². The van der Waals surface area contributed by atoms with E-state index in [1.165, 1.54) is 0 Å². The summed E-state index contributed by atoms with van der Waals surface area (Å²) in [7, 11) is 0. The maximum absolute atomic E-state index is 12.7. The summed E-state index contributed by atoms with van der Waals surface area (Å²) in [4.78, 5) is 39.2. The molecular weight excluding hydrogens is 470 g/mol. The molecule has 2 aliphatic heterocycles. The number of amides is 2. The molecule has 0 unspecified atom stereocenters. The fourth-order valence-electron chi connectivity index (χ4n) is 4.06. The molecule has 2 amide bonds. The van der Waals surface area contributed by atoms with Crippen molar-refractivity contribution in [2.45, 2.75) is 52.1 Å². The van der Waals surface area contributed by atoms with Crippen LogP contribution in [0.3, 0.4) is 0 Å². The highest BCUT2D eigenvalue weighted by atomic mass is 35.5. The van der Waals surface area contributed by atoms with Crippen LogP contribution >= 0.6 is 11.6 Å². The van der Waals surface area contributed by atoms with Crippen molar-refractivity contribution < 1.29 is 19.1 Å². The highest BCUT2D eigenvalue weighted by molar-refractivity contribution is 6.28. The zero-order valence-corrected chi connectivity index (χ0v) is 20.8. The van der Waals surface area contributed by atoms with Crippen molar-refractivity contribution in [3.05, 3.63) is 52.4 Å².